The summed E-state index contributed by atoms with van der Waals surface area (Å²) in [5.74, 6) is 0.983. The summed E-state index contributed by atoms with van der Waals surface area (Å²) in [7, 11) is 4.64. The average molecular weight is 461 g/mol. The van der Waals surface area contributed by atoms with Gasteiger partial charge < -0.3 is 31.3 Å². The molecule has 0 heterocycles. The van der Waals surface area contributed by atoms with Gasteiger partial charge >= 0.3 is 0 Å². The molecule has 0 aromatic heterocycles. The van der Waals surface area contributed by atoms with Gasteiger partial charge in [0.05, 0.1) is 20.6 Å². The minimum atomic E-state index is 0. The minimum absolute atomic E-state index is 0. The summed E-state index contributed by atoms with van der Waals surface area (Å²) >= 11 is 0. The van der Waals surface area contributed by atoms with Crippen molar-refractivity contribution < 1.29 is 31.3 Å². The van der Waals surface area contributed by atoms with E-state index in [1.807, 2.05) is 30.3 Å². The van der Waals surface area contributed by atoms with Gasteiger partial charge in [-0.3, -0.25) is 0 Å². The number of unbranched alkanes of at least 4 members (excludes halogenated alkanes) is 9. The maximum absolute atomic E-state index is 7.57. The van der Waals surface area contributed by atoms with E-state index in [1.54, 1.807) is 6.92 Å². The van der Waals surface area contributed by atoms with Crippen molar-refractivity contribution in [1.29, 1.82) is 0 Å². The Bertz CT molecular complexity index is 412. The SMILES string of the molecule is CCCCCCCCCCCC[N+](C)(C)CCOc1ccccc1.CCO.[Br-]. The number of nitrogens with zero attached hydrogens (tertiary/aromatic N) is 1. The molecule has 0 bridgehead atoms. The van der Waals surface area contributed by atoms with Crippen LogP contribution in [0.5, 0.6) is 5.75 Å². The molecule has 4 heteroatoms. The highest BCUT2D eigenvalue weighted by atomic mass is 79.9. The molecule has 1 aromatic rings. The van der Waals surface area contributed by atoms with E-state index >= 15 is 0 Å². The molecule has 3 nitrogen and oxygen atoms in total. The van der Waals surface area contributed by atoms with Crippen LogP contribution < -0.4 is 21.7 Å². The lowest BCUT2D eigenvalue weighted by Gasteiger charge is -2.29. The van der Waals surface area contributed by atoms with E-state index in [0.29, 0.717) is 0 Å². The molecule has 0 aliphatic carbocycles. The molecule has 1 aromatic carbocycles. The van der Waals surface area contributed by atoms with E-state index in [0.717, 1.165) is 23.4 Å². The van der Waals surface area contributed by atoms with Crippen molar-refractivity contribution in [3.63, 3.8) is 0 Å². The number of aliphatic hydroxyl groups excluding tert-OH is 1. The first-order chi connectivity index (χ1) is 13.1. The molecule has 0 unspecified atom stereocenters. The monoisotopic (exact) mass is 459 g/mol. The molecule has 28 heavy (non-hydrogen) atoms. The number of likely N-dealkylation sites (N-methyl/N-ethyl adjacent to an activating group) is 1. The fraction of sp³-hybridized carbons (Fsp3) is 0.750. The predicted octanol–water partition coefficient (Wildman–Crippen LogP) is 3.07. The van der Waals surface area contributed by atoms with Gasteiger partial charge in [0.15, 0.2) is 0 Å². The van der Waals surface area contributed by atoms with Gasteiger partial charge in [0.25, 0.3) is 0 Å². The summed E-state index contributed by atoms with van der Waals surface area (Å²) in [5.41, 5.74) is 0. The third kappa shape index (κ3) is 20.2. The molecule has 0 amide bonds. The third-order valence-corrected chi connectivity index (χ3v) is 4.83. The lowest BCUT2D eigenvalue weighted by Crippen LogP contribution is -3.00. The van der Waals surface area contributed by atoms with Crippen molar-refractivity contribution in [3.8, 4) is 5.75 Å². The van der Waals surface area contributed by atoms with Crippen molar-refractivity contribution in [2.75, 3.05) is 40.4 Å². The van der Waals surface area contributed by atoms with E-state index in [4.69, 9.17) is 9.84 Å². The summed E-state index contributed by atoms with van der Waals surface area (Å²) in [4.78, 5) is 0. The molecule has 0 saturated heterocycles. The zero-order chi connectivity index (χ0) is 20.2. The van der Waals surface area contributed by atoms with Crippen molar-refractivity contribution in [1.82, 2.24) is 0 Å². The minimum Gasteiger partial charge on any atom is -1.00 e. The molecular weight excluding hydrogens is 414 g/mol. The van der Waals surface area contributed by atoms with Crippen LogP contribution in [0.4, 0.5) is 0 Å². The van der Waals surface area contributed by atoms with Crippen molar-refractivity contribution in [2.45, 2.75) is 78.1 Å². The maximum atomic E-state index is 7.57. The van der Waals surface area contributed by atoms with Gasteiger partial charge in [-0.05, 0) is 31.9 Å². The number of ether oxygens (including phenoxy) is 1. The lowest BCUT2D eigenvalue weighted by atomic mass is 10.1. The summed E-state index contributed by atoms with van der Waals surface area (Å²) in [5, 5.41) is 7.57. The van der Waals surface area contributed by atoms with Crippen LogP contribution in [0, 0.1) is 0 Å². The zero-order valence-electron chi connectivity index (χ0n) is 19.0. The summed E-state index contributed by atoms with van der Waals surface area (Å²) in [6.45, 7) is 7.35. The Kier molecular flexibility index (Phi) is 22.4. The van der Waals surface area contributed by atoms with E-state index in [9.17, 15) is 0 Å². The highest BCUT2D eigenvalue weighted by molar-refractivity contribution is 5.20. The second-order valence-electron chi connectivity index (χ2n) is 8.04. The highest BCUT2D eigenvalue weighted by Crippen LogP contribution is 2.12. The summed E-state index contributed by atoms with van der Waals surface area (Å²) in [6.07, 6.45) is 14.1. The first-order valence-electron chi connectivity index (χ1n) is 11.2. The number of para-hydroxylation sites is 1. The van der Waals surface area contributed by atoms with Crippen molar-refractivity contribution in [2.24, 2.45) is 0 Å². The standard InChI is InChI=1S/C22H40NO.C2H6O.BrH/c1-4-5-6-7-8-9-10-11-12-16-19-23(2,3)20-21-24-22-17-14-13-15-18-22;1-2-3;/h13-15,17-18H,4-12,16,19-21H2,1-3H3;3H,2H2,1H3;1H/q+1;;/p-1. The Labute approximate surface area is 185 Å². The number of benzene rings is 1. The van der Waals surface area contributed by atoms with Crippen LogP contribution in [-0.4, -0.2) is 50.0 Å². The molecule has 0 atom stereocenters. The number of hydrogen-bond acceptors (Lipinski definition) is 2. The summed E-state index contributed by atoms with van der Waals surface area (Å²) < 4.78 is 6.89. The Morgan fingerprint density at radius 3 is 1.71 bits per heavy atom. The van der Waals surface area contributed by atoms with Crippen LogP contribution >= 0.6 is 0 Å². The number of quaternary nitrogens is 1. The first kappa shape index (κ1) is 29.6. The van der Waals surface area contributed by atoms with Gasteiger partial charge in [0.1, 0.15) is 18.9 Å². The van der Waals surface area contributed by atoms with E-state index in [2.05, 4.69) is 21.0 Å². The molecule has 0 aliphatic heterocycles. The molecular formula is C24H46BrNO2. The molecule has 0 spiro atoms. The second-order valence-corrected chi connectivity index (χ2v) is 8.04. The predicted molar refractivity (Wildman–Crippen MR) is 118 cm³/mol. The average Bonchev–Trinajstić information content (AvgIpc) is 2.65. The lowest BCUT2D eigenvalue weighted by molar-refractivity contribution is -0.890. The van der Waals surface area contributed by atoms with Crippen LogP contribution in [-0.2, 0) is 0 Å². The van der Waals surface area contributed by atoms with Gasteiger partial charge in [0.2, 0.25) is 0 Å². The van der Waals surface area contributed by atoms with Crippen molar-refractivity contribution in [3.05, 3.63) is 30.3 Å². The van der Waals surface area contributed by atoms with Crippen LogP contribution in [0.1, 0.15) is 78.1 Å². The van der Waals surface area contributed by atoms with Gasteiger partial charge in [-0.2, -0.15) is 0 Å². The smallest absolute Gasteiger partial charge is 0.137 e. The molecule has 0 fully saturated rings. The Hall–Kier alpha value is -0.580. The van der Waals surface area contributed by atoms with Gasteiger partial charge in [-0.1, -0.05) is 76.5 Å². The van der Waals surface area contributed by atoms with Crippen LogP contribution in [0.2, 0.25) is 0 Å². The quantitative estimate of drug-likeness (QED) is 0.322. The van der Waals surface area contributed by atoms with Crippen LogP contribution in [0.15, 0.2) is 30.3 Å². The molecule has 1 N–H and O–H groups in total. The number of hydrogen-bond donors (Lipinski definition) is 1. The maximum Gasteiger partial charge on any atom is 0.137 e. The van der Waals surface area contributed by atoms with Gasteiger partial charge in [-0.15, -0.1) is 0 Å². The normalized spacial score (nSPS) is 10.6. The van der Waals surface area contributed by atoms with E-state index in [1.165, 1.54) is 70.8 Å². The molecule has 0 radical (unpaired) electrons. The van der Waals surface area contributed by atoms with Crippen LogP contribution in [0.3, 0.4) is 0 Å². The fourth-order valence-electron chi connectivity index (χ4n) is 3.07. The Balaban J connectivity index is 0. The third-order valence-electron chi connectivity index (χ3n) is 4.83. The number of halogens is 1. The summed E-state index contributed by atoms with van der Waals surface area (Å²) in [6, 6.07) is 10.1. The van der Waals surface area contributed by atoms with Crippen molar-refractivity contribution >= 4 is 0 Å². The number of rotatable bonds is 15. The Morgan fingerprint density at radius 1 is 0.750 bits per heavy atom. The second kappa shape index (κ2) is 21.1. The van der Waals surface area contributed by atoms with E-state index < -0.39 is 0 Å². The molecule has 0 saturated carbocycles. The highest BCUT2D eigenvalue weighted by Gasteiger charge is 2.14. The fourth-order valence-corrected chi connectivity index (χ4v) is 3.07. The molecule has 1 rings (SSSR count). The largest absolute Gasteiger partial charge is 1.00 e. The Morgan fingerprint density at radius 2 is 1.21 bits per heavy atom. The zero-order valence-corrected chi connectivity index (χ0v) is 20.6. The molecule has 0 aliphatic rings. The topological polar surface area (TPSA) is 29.5 Å². The molecule has 166 valence electrons. The van der Waals surface area contributed by atoms with E-state index in [-0.39, 0.29) is 23.6 Å². The first-order valence-corrected chi connectivity index (χ1v) is 11.2. The van der Waals surface area contributed by atoms with Crippen LogP contribution in [0.25, 0.3) is 0 Å². The van der Waals surface area contributed by atoms with Gasteiger partial charge in [0, 0.05) is 6.61 Å². The van der Waals surface area contributed by atoms with Gasteiger partial charge in [-0.25, -0.2) is 0 Å². The number of aliphatic hydroxyl groups is 1.